The van der Waals surface area contributed by atoms with Crippen molar-refractivity contribution >= 4 is 46.2 Å². The number of hydrogen-bond acceptors (Lipinski definition) is 6. The van der Waals surface area contributed by atoms with Crippen molar-refractivity contribution in [2.75, 3.05) is 18.2 Å². The maximum absolute atomic E-state index is 12.7. The van der Waals surface area contributed by atoms with Crippen molar-refractivity contribution in [1.82, 2.24) is 0 Å². The van der Waals surface area contributed by atoms with Gasteiger partial charge in [-0.05, 0) is 35.9 Å². The molecular weight excluding hydrogens is 400 g/mol. The van der Waals surface area contributed by atoms with Crippen LogP contribution in [0.1, 0.15) is 16.6 Å². The van der Waals surface area contributed by atoms with Crippen LogP contribution in [0.4, 0.5) is 11.4 Å². The number of nitrogens with one attached hydrogen (secondary N) is 1. The first kappa shape index (κ1) is 19.7. The molecule has 0 saturated heterocycles. The highest BCUT2D eigenvalue weighted by Gasteiger charge is 2.17. The summed E-state index contributed by atoms with van der Waals surface area (Å²) in [6.45, 7) is 1.30. The summed E-state index contributed by atoms with van der Waals surface area (Å²) < 4.78 is 10.3. The number of rotatable bonds is 5. The van der Waals surface area contributed by atoms with Crippen molar-refractivity contribution in [3.05, 3.63) is 58.4 Å². The Morgan fingerprint density at radius 3 is 2.43 bits per heavy atom. The lowest BCUT2D eigenvalue weighted by Gasteiger charge is -2.10. The van der Waals surface area contributed by atoms with E-state index in [1.807, 2.05) is 12.1 Å². The number of thiophene rings is 1. The average Bonchev–Trinajstić information content (AvgIpc) is 3.05. The summed E-state index contributed by atoms with van der Waals surface area (Å²) in [4.78, 5) is 25.1. The van der Waals surface area contributed by atoms with Gasteiger partial charge in [-0.25, -0.2) is 0 Å². The van der Waals surface area contributed by atoms with Gasteiger partial charge in [0.15, 0.2) is 11.5 Å². The van der Waals surface area contributed by atoms with Gasteiger partial charge in [0.05, 0.1) is 12.8 Å². The third-order valence-corrected chi connectivity index (χ3v) is 5.22. The molecule has 0 aliphatic carbocycles. The highest BCUT2D eigenvalue weighted by atomic mass is 35.5. The molecule has 0 aliphatic rings. The van der Waals surface area contributed by atoms with Gasteiger partial charge in [-0.15, -0.1) is 11.3 Å². The van der Waals surface area contributed by atoms with Gasteiger partial charge < -0.3 is 20.5 Å². The van der Waals surface area contributed by atoms with Gasteiger partial charge in [-0.3, -0.25) is 9.59 Å². The van der Waals surface area contributed by atoms with Crippen LogP contribution in [-0.4, -0.2) is 19.0 Å². The van der Waals surface area contributed by atoms with Crippen molar-refractivity contribution < 1.29 is 19.1 Å². The Bertz CT molecular complexity index is 1030. The first-order valence-corrected chi connectivity index (χ1v) is 9.40. The minimum atomic E-state index is -0.462. The molecule has 3 N–H and O–H groups in total. The Morgan fingerprint density at radius 2 is 1.79 bits per heavy atom. The molecule has 0 bridgehead atoms. The number of amides is 1. The van der Waals surface area contributed by atoms with E-state index in [-0.39, 0.29) is 11.7 Å². The summed E-state index contributed by atoms with van der Waals surface area (Å²) in [5.41, 5.74) is 7.83. The Balaban J connectivity index is 1.81. The zero-order chi connectivity index (χ0) is 20.3. The van der Waals surface area contributed by atoms with E-state index in [9.17, 15) is 9.59 Å². The fraction of sp³-hybridized carbons (Fsp3) is 0.100. The molecule has 1 aromatic heterocycles. The summed E-state index contributed by atoms with van der Waals surface area (Å²) in [5.74, 6) is -0.205. The Morgan fingerprint density at radius 1 is 1.07 bits per heavy atom. The number of carbonyl (C=O) groups excluding carboxylic acids is 2. The van der Waals surface area contributed by atoms with Crippen LogP contribution in [0.25, 0.3) is 10.4 Å². The number of carbonyl (C=O) groups is 2. The van der Waals surface area contributed by atoms with Crippen LogP contribution in [0.5, 0.6) is 11.5 Å². The molecule has 3 rings (SSSR count). The molecule has 2 aromatic carbocycles. The Labute approximate surface area is 170 Å². The number of ether oxygens (including phenoxy) is 2. The molecule has 1 heterocycles. The first-order valence-electron chi connectivity index (χ1n) is 8.20. The van der Waals surface area contributed by atoms with Gasteiger partial charge in [0, 0.05) is 28.6 Å². The molecule has 0 atom stereocenters. The number of halogens is 1. The maximum Gasteiger partial charge on any atom is 0.308 e. The molecule has 0 spiro atoms. The topological polar surface area (TPSA) is 90.7 Å². The number of hydrogen-bond donors (Lipinski definition) is 2. The van der Waals surface area contributed by atoms with Gasteiger partial charge in [0.2, 0.25) is 0 Å². The van der Waals surface area contributed by atoms with Crippen LogP contribution >= 0.6 is 22.9 Å². The smallest absolute Gasteiger partial charge is 0.308 e. The van der Waals surface area contributed by atoms with Gasteiger partial charge in [0.25, 0.3) is 5.91 Å². The van der Waals surface area contributed by atoms with Crippen LogP contribution in [0, 0.1) is 0 Å². The SMILES string of the molecule is COc1cc(NC(=O)c2sc(-c3ccc(Cl)cc3)cc2N)ccc1OC(C)=O. The fourth-order valence-electron chi connectivity index (χ4n) is 2.51. The minimum absolute atomic E-state index is 0.272. The highest BCUT2D eigenvalue weighted by molar-refractivity contribution is 7.18. The van der Waals surface area contributed by atoms with Crippen molar-refractivity contribution in [2.24, 2.45) is 0 Å². The predicted octanol–water partition coefficient (Wildman–Crippen LogP) is 4.84. The van der Waals surface area contributed by atoms with E-state index < -0.39 is 5.97 Å². The second-order valence-corrected chi connectivity index (χ2v) is 7.30. The molecule has 3 aromatic rings. The van der Waals surface area contributed by atoms with Crippen LogP contribution in [0.2, 0.25) is 5.02 Å². The number of nitrogens with two attached hydrogens (primary N) is 1. The number of esters is 1. The molecule has 8 heteroatoms. The van der Waals surface area contributed by atoms with Crippen LogP contribution < -0.4 is 20.5 Å². The lowest BCUT2D eigenvalue weighted by Crippen LogP contribution is -2.12. The zero-order valence-electron chi connectivity index (χ0n) is 15.1. The molecule has 0 aliphatic heterocycles. The molecular formula is C20H17ClN2O4S. The van der Waals surface area contributed by atoms with Gasteiger partial charge in [-0.2, -0.15) is 0 Å². The van der Waals surface area contributed by atoms with Crippen molar-refractivity contribution in [2.45, 2.75) is 6.92 Å². The minimum Gasteiger partial charge on any atom is -0.493 e. The molecule has 6 nitrogen and oxygen atoms in total. The summed E-state index contributed by atoms with van der Waals surface area (Å²) in [5, 5.41) is 3.41. The molecule has 28 heavy (non-hydrogen) atoms. The Hall–Kier alpha value is -3.03. The predicted molar refractivity (Wildman–Crippen MR) is 111 cm³/mol. The molecule has 0 fully saturated rings. The molecule has 0 radical (unpaired) electrons. The van der Waals surface area contributed by atoms with Crippen LogP contribution in [0.3, 0.4) is 0 Å². The number of anilines is 2. The van der Waals surface area contributed by atoms with Crippen LogP contribution in [0.15, 0.2) is 48.5 Å². The van der Waals surface area contributed by atoms with Gasteiger partial charge in [0.1, 0.15) is 4.88 Å². The maximum atomic E-state index is 12.7. The quantitative estimate of drug-likeness (QED) is 0.459. The zero-order valence-corrected chi connectivity index (χ0v) is 16.7. The van der Waals surface area contributed by atoms with E-state index in [1.165, 1.54) is 25.4 Å². The highest BCUT2D eigenvalue weighted by Crippen LogP contribution is 2.35. The lowest BCUT2D eigenvalue weighted by atomic mass is 10.2. The van der Waals surface area contributed by atoms with E-state index in [2.05, 4.69) is 5.32 Å². The molecule has 0 saturated carbocycles. The van der Waals surface area contributed by atoms with E-state index in [1.54, 1.807) is 36.4 Å². The fourth-order valence-corrected chi connectivity index (χ4v) is 3.62. The van der Waals surface area contributed by atoms with E-state index in [4.69, 9.17) is 26.8 Å². The standard InChI is InChI=1S/C20H17ClN2O4S/c1-11(24)27-16-8-7-14(9-17(16)26-2)23-20(25)19-15(22)10-18(28-19)12-3-5-13(21)6-4-12/h3-10H,22H2,1-2H3,(H,23,25). The summed E-state index contributed by atoms with van der Waals surface area (Å²) in [7, 11) is 1.45. The van der Waals surface area contributed by atoms with Crippen molar-refractivity contribution in [1.29, 1.82) is 0 Å². The average molecular weight is 417 g/mol. The summed E-state index contributed by atoms with van der Waals surface area (Å²) in [6, 6.07) is 13.8. The molecule has 0 unspecified atom stereocenters. The monoisotopic (exact) mass is 416 g/mol. The first-order chi connectivity index (χ1) is 13.4. The van der Waals surface area contributed by atoms with Gasteiger partial charge >= 0.3 is 5.97 Å². The normalized spacial score (nSPS) is 10.4. The second kappa shape index (κ2) is 8.33. The van der Waals surface area contributed by atoms with E-state index >= 15 is 0 Å². The van der Waals surface area contributed by atoms with Crippen molar-refractivity contribution in [3.63, 3.8) is 0 Å². The van der Waals surface area contributed by atoms with E-state index in [0.717, 1.165) is 10.4 Å². The third kappa shape index (κ3) is 4.44. The lowest BCUT2D eigenvalue weighted by molar-refractivity contribution is -0.132. The van der Waals surface area contributed by atoms with E-state index in [0.29, 0.717) is 27.0 Å². The van der Waals surface area contributed by atoms with Crippen LogP contribution in [-0.2, 0) is 4.79 Å². The summed E-state index contributed by atoms with van der Waals surface area (Å²) >= 11 is 7.20. The molecule has 1 amide bonds. The number of methoxy groups -OCH3 is 1. The number of nitrogen functional groups attached to an aromatic ring is 1. The largest absolute Gasteiger partial charge is 0.493 e. The molecule has 144 valence electrons. The third-order valence-electron chi connectivity index (χ3n) is 3.77. The van der Waals surface area contributed by atoms with Crippen molar-refractivity contribution in [3.8, 4) is 21.9 Å². The van der Waals surface area contributed by atoms with Gasteiger partial charge in [-0.1, -0.05) is 23.7 Å². The summed E-state index contributed by atoms with van der Waals surface area (Å²) in [6.07, 6.45) is 0. The number of benzene rings is 2. The second-order valence-electron chi connectivity index (χ2n) is 5.82. The Kier molecular flexibility index (Phi) is 5.87.